The largest absolute Gasteiger partial charge is 0.478 e. The van der Waals surface area contributed by atoms with Crippen molar-refractivity contribution in [1.29, 1.82) is 0 Å². The number of hydrogen-bond donors (Lipinski definition) is 1. The Labute approximate surface area is 95.5 Å². The van der Waals surface area contributed by atoms with Gasteiger partial charge in [0.25, 0.3) is 0 Å². The number of aromatic nitrogens is 4. The Morgan fingerprint density at radius 3 is 2.75 bits per heavy atom. The number of nitrogens with zero attached hydrogens (tertiary/aromatic N) is 4. The maximum Gasteiger partial charge on any atom is 0.335 e. The minimum Gasteiger partial charge on any atom is -0.478 e. The highest BCUT2D eigenvalue weighted by Gasteiger charge is 2.11. The van der Waals surface area contributed by atoms with Gasteiger partial charge in [0, 0.05) is 7.05 Å². The van der Waals surface area contributed by atoms with E-state index < -0.39 is 5.97 Å². The van der Waals surface area contributed by atoms with Crippen molar-refractivity contribution >= 4 is 17.6 Å². The highest BCUT2D eigenvalue weighted by molar-refractivity contribution is 6.29. The average molecular weight is 239 g/mol. The van der Waals surface area contributed by atoms with E-state index in [4.69, 9.17) is 16.7 Å². The summed E-state index contributed by atoms with van der Waals surface area (Å²) in [6.07, 6.45) is 1.63. The molecule has 0 spiro atoms. The summed E-state index contributed by atoms with van der Waals surface area (Å²) in [4.78, 5) is 14.8. The van der Waals surface area contributed by atoms with Gasteiger partial charge >= 0.3 is 5.97 Å². The summed E-state index contributed by atoms with van der Waals surface area (Å²) < 4.78 is 1.50. The molecule has 6 nitrogen and oxygen atoms in total. The summed E-state index contributed by atoms with van der Waals surface area (Å²) in [5, 5.41) is 16.5. The minimum atomic E-state index is -1.06. The number of aryl methyl sites for hydroxylation is 1. The van der Waals surface area contributed by atoms with Crippen molar-refractivity contribution in [3.05, 3.63) is 29.0 Å². The monoisotopic (exact) mass is 238 g/mol. The third-order valence-electron chi connectivity index (χ3n) is 1.91. The highest BCUT2D eigenvalue weighted by atomic mass is 35.5. The van der Waals surface area contributed by atoms with Crippen LogP contribution >= 0.6 is 11.6 Å². The van der Waals surface area contributed by atoms with Crippen molar-refractivity contribution in [3.8, 4) is 11.4 Å². The summed E-state index contributed by atoms with van der Waals surface area (Å²) >= 11 is 5.72. The van der Waals surface area contributed by atoms with E-state index >= 15 is 0 Å². The molecule has 0 radical (unpaired) electrons. The molecular formula is C9H7ClN4O2. The first-order valence-electron chi connectivity index (χ1n) is 4.34. The first kappa shape index (κ1) is 10.6. The van der Waals surface area contributed by atoms with Crippen molar-refractivity contribution in [3.63, 3.8) is 0 Å². The lowest BCUT2D eigenvalue weighted by Crippen LogP contribution is -1.98. The molecule has 2 aromatic heterocycles. The molecule has 0 atom stereocenters. The number of carboxylic acid groups (broad SMARTS) is 1. The molecular weight excluding hydrogens is 232 g/mol. The summed E-state index contributed by atoms with van der Waals surface area (Å²) in [6.45, 7) is 0. The highest BCUT2D eigenvalue weighted by Crippen LogP contribution is 2.18. The molecule has 0 unspecified atom stereocenters. The van der Waals surface area contributed by atoms with E-state index in [-0.39, 0.29) is 10.7 Å². The standard InChI is InChI=1S/C9H7ClN4O2/c1-14-4-7(12-13-14)6-2-5(9(15)16)3-8(10)11-6/h2-4H,1H3,(H,15,16). The average Bonchev–Trinajstić information content (AvgIpc) is 2.64. The van der Waals surface area contributed by atoms with Crippen LogP contribution in [0.3, 0.4) is 0 Å². The van der Waals surface area contributed by atoms with Gasteiger partial charge in [0.05, 0.1) is 17.5 Å². The zero-order valence-electron chi connectivity index (χ0n) is 8.25. The first-order chi connectivity index (χ1) is 7.56. The smallest absolute Gasteiger partial charge is 0.335 e. The van der Waals surface area contributed by atoms with E-state index in [2.05, 4.69) is 15.3 Å². The summed E-state index contributed by atoms with van der Waals surface area (Å²) in [7, 11) is 1.71. The fourth-order valence-corrected chi connectivity index (χ4v) is 1.42. The van der Waals surface area contributed by atoms with Crippen LogP contribution in [0.2, 0.25) is 5.15 Å². The van der Waals surface area contributed by atoms with Gasteiger partial charge in [-0.2, -0.15) is 0 Å². The zero-order valence-corrected chi connectivity index (χ0v) is 9.01. The van der Waals surface area contributed by atoms with Gasteiger partial charge in [-0.3, -0.25) is 4.68 Å². The minimum absolute atomic E-state index is 0.0700. The molecule has 0 aliphatic heterocycles. The molecule has 0 aromatic carbocycles. The van der Waals surface area contributed by atoms with Gasteiger partial charge in [-0.25, -0.2) is 9.78 Å². The number of halogens is 1. The third kappa shape index (κ3) is 2.01. The molecule has 0 saturated carbocycles. The number of rotatable bonds is 2. The van der Waals surface area contributed by atoms with Crippen LogP contribution in [-0.4, -0.2) is 31.1 Å². The lowest BCUT2D eigenvalue weighted by molar-refractivity contribution is 0.0697. The van der Waals surface area contributed by atoms with E-state index in [1.165, 1.54) is 16.8 Å². The Bertz CT molecular complexity index is 552. The first-order valence-corrected chi connectivity index (χ1v) is 4.71. The van der Waals surface area contributed by atoms with Crippen LogP contribution < -0.4 is 0 Å². The predicted octanol–water partition coefficient (Wildman–Crippen LogP) is 1.23. The van der Waals surface area contributed by atoms with Crippen LogP contribution in [0.25, 0.3) is 11.4 Å². The van der Waals surface area contributed by atoms with E-state index in [0.717, 1.165) is 0 Å². The van der Waals surface area contributed by atoms with Crippen molar-refractivity contribution in [1.82, 2.24) is 20.0 Å². The zero-order chi connectivity index (χ0) is 11.7. The van der Waals surface area contributed by atoms with Gasteiger partial charge in [-0.05, 0) is 12.1 Å². The second-order valence-corrected chi connectivity index (χ2v) is 3.53. The molecule has 7 heteroatoms. The number of carbonyl (C=O) groups is 1. The van der Waals surface area contributed by atoms with Crippen LogP contribution in [0, 0.1) is 0 Å². The van der Waals surface area contributed by atoms with Crippen LogP contribution in [0.15, 0.2) is 18.3 Å². The van der Waals surface area contributed by atoms with Crippen LogP contribution in [0.1, 0.15) is 10.4 Å². The van der Waals surface area contributed by atoms with Gasteiger partial charge in [0.15, 0.2) is 0 Å². The molecule has 0 amide bonds. The number of hydrogen-bond acceptors (Lipinski definition) is 4. The van der Waals surface area contributed by atoms with Crippen LogP contribution in [0.4, 0.5) is 0 Å². The second-order valence-electron chi connectivity index (χ2n) is 3.15. The fraction of sp³-hybridized carbons (Fsp3) is 0.111. The Morgan fingerprint density at radius 2 is 2.19 bits per heavy atom. The van der Waals surface area contributed by atoms with E-state index in [1.54, 1.807) is 13.2 Å². The maximum absolute atomic E-state index is 10.8. The van der Waals surface area contributed by atoms with Crippen molar-refractivity contribution in [2.75, 3.05) is 0 Å². The molecule has 0 saturated heterocycles. The van der Waals surface area contributed by atoms with Gasteiger partial charge in [0.1, 0.15) is 10.8 Å². The second kappa shape index (κ2) is 3.90. The van der Waals surface area contributed by atoms with E-state index in [1.807, 2.05) is 0 Å². The van der Waals surface area contributed by atoms with E-state index in [0.29, 0.717) is 11.4 Å². The fourth-order valence-electron chi connectivity index (χ4n) is 1.22. The Morgan fingerprint density at radius 1 is 1.44 bits per heavy atom. The van der Waals surface area contributed by atoms with Gasteiger partial charge < -0.3 is 5.11 Å². The molecule has 0 aliphatic rings. The van der Waals surface area contributed by atoms with Gasteiger partial charge in [0.2, 0.25) is 0 Å². The third-order valence-corrected chi connectivity index (χ3v) is 2.10. The maximum atomic E-state index is 10.8. The van der Waals surface area contributed by atoms with E-state index in [9.17, 15) is 4.79 Å². The molecule has 1 N–H and O–H groups in total. The molecule has 0 aliphatic carbocycles. The SMILES string of the molecule is Cn1cc(-c2cc(C(=O)O)cc(Cl)n2)nn1. The number of aromatic carboxylic acids is 1. The molecule has 2 rings (SSSR count). The molecule has 0 fully saturated rings. The Kier molecular flexibility index (Phi) is 2.57. The molecule has 16 heavy (non-hydrogen) atoms. The Hall–Kier alpha value is -1.95. The lowest BCUT2D eigenvalue weighted by atomic mass is 10.2. The van der Waals surface area contributed by atoms with Crippen LogP contribution in [-0.2, 0) is 7.05 Å². The number of pyridine rings is 1. The number of carboxylic acids is 1. The van der Waals surface area contributed by atoms with Crippen molar-refractivity contribution < 1.29 is 9.90 Å². The van der Waals surface area contributed by atoms with Gasteiger partial charge in [-0.1, -0.05) is 16.8 Å². The molecule has 82 valence electrons. The van der Waals surface area contributed by atoms with Crippen molar-refractivity contribution in [2.24, 2.45) is 7.05 Å². The lowest BCUT2D eigenvalue weighted by Gasteiger charge is -1.99. The molecule has 2 heterocycles. The molecule has 2 aromatic rings. The Balaban J connectivity index is 2.53. The van der Waals surface area contributed by atoms with Gasteiger partial charge in [-0.15, -0.1) is 5.10 Å². The summed E-state index contributed by atoms with van der Waals surface area (Å²) in [5.74, 6) is -1.06. The summed E-state index contributed by atoms with van der Waals surface area (Å²) in [6, 6.07) is 2.68. The quantitative estimate of drug-likeness (QED) is 0.796. The van der Waals surface area contributed by atoms with Crippen LogP contribution in [0.5, 0.6) is 0 Å². The normalized spacial score (nSPS) is 10.4. The predicted molar refractivity (Wildman–Crippen MR) is 56.2 cm³/mol. The summed E-state index contributed by atoms with van der Waals surface area (Å²) in [5.41, 5.74) is 0.936. The topological polar surface area (TPSA) is 80.9 Å². The molecule has 0 bridgehead atoms. The van der Waals surface area contributed by atoms with Crippen molar-refractivity contribution in [2.45, 2.75) is 0 Å².